The molecule has 0 aromatic heterocycles. The molecule has 17 heavy (non-hydrogen) atoms. The first-order valence-electron chi connectivity index (χ1n) is 6.32. The minimum Gasteiger partial charge on any atom is -0.329 e. The molecule has 0 aliphatic carbocycles. The molecule has 0 aliphatic heterocycles. The second kappa shape index (κ2) is 6.72. The molecule has 0 saturated heterocycles. The number of nitrogens with zero attached hydrogens (tertiary/aromatic N) is 1. The van der Waals surface area contributed by atoms with Crippen molar-refractivity contribution in [1.29, 1.82) is 0 Å². The van der Waals surface area contributed by atoms with Crippen molar-refractivity contribution in [3.63, 3.8) is 0 Å². The Morgan fingerprint density at radius 3 is 2.29 bits per heavy atom. The molecule has 0 fully saturated rings. The van der Waals surface area contributed by atoms with Gasteiger partial charge in [0.15, 0.2) is 0 Å². The lowest BCUT2D eigenvalue weighted by Crippen LogP contribution is -2.38. The van der Waals surface area contributed by atoms with Crippen LogP contribution in [0.3, 0.4) is 0 Å². The molecule has 0 saturated carbocycles. The van der Waals surface area contributed by atoms with E-state index in [1.54, 1.807) is 6.07 Å². The molecule has 1 unspecified atom stereocenters. The minimum atomic E-state index is -0.166. The summed E-state index contributed by atoms with van der Waals surface area (Å²) in [4.78, 5) is 2.19. The van der Waals surface area contributed by atoms with Crippen molar-refractivity contribution in [2.24, 2.45) is 5.73 Å². The highest BCUT2D eigenvalue weighted by atomic mass is 19.1. The van der Waals surface area contributed by atoms with Crippen LogP contribution in [-0.4, -0.2) is 24.5 Å². The first-order valence-corrected chi connectivity index (χ1v) is 6.32. The summed E-state index contributed by atoms with van der Waals surface area (Å²) in [5, 5.41) is 0. The quantitative estimate of drug-likeness (QED) is 0.825. The predicted molar refractivity (Wildman–Crippen MR) is 70.3 cm³/mol. The summed E-state index contributed by atoms with van der Waals surface area (Å²) < 4.78 is 13.8. The molecule has 2 N–H and O–H groups in total. The summed E-state index contributed by atoms with van der Waals surface area (Å²) in [6.45, 7) is 4.74. The fraction of sp³-hybridized carbons (Fsp3) is 0.571. The van der Waals surface area contributed by atoms with Gasteiger partial charge in [0, 0.05) is 24.2 Å². The summed E-state index contributed by atoms with van der Waals surface area (Å²) >= 11 is 0. The van der Waals surface area contributed by atoms with Crippen molar-refractivity contribution >= 4 is 0 Å². The molecule has 96 valence electrons. The first-order chi connectivity index (χ1) is 8.15. The highest BCUT2D eigenvalue weighted by Crippen LogP contribution is 2.24. The Balaban J connectivity index is 2.95. The number of halogens is 1. The smallest absolute Gasteiger partial charge is 0.128 e. The summed E-state index contributed by atoms with van der Waals surface area (Å²) in [5.74, 6) is -0.166. The topological polar surface area (TPSA) is 29.3 Å². The molecule has 0 spiro atoms. The largest absolute Gasteiger partial charge is 0.329 e. The Morgan fingerprint density at radius 1 is 1.24 bits per heavy atom. The monoisotopic (exact) mass is 238 g/mol. The van der Waals surface area contributed by atoms with Crippen molar-refractivity contribution in [3.05, 3.63) is 35.6 Å². The van der Waals surface area contributed by atoms with Gasteiger partial charge in [-0.1, -0.05) is 32.0 Å². The third-order valence-electron chi connectivity index (χ3n) is 3.50. The van der Waals surface area contributed by atoms with Gasteiger partial charge in [0.1, 0.15) is 5.82 Å². The lowest BCUT2D eigenvalue weighted by molar-refractivity contribution is 0.165. The Kier molecular flexibility index (Phi) is 5.59. The molecule has 2 nitrogen and oxygen atoms in total. The van der Waals surface area contributed by atoms with Gasteiger partial charge in [0.25, 0.3) is 0 Å². The summed E-state index contributed by atoms with van der Waals surface area (Å²) in [5.41, 5.74) is 6.51. The number of rotatable bonds is 6. The van der Waals surface area contributed by atoms with E-state index in [2.05, 4.69) is 18.7 Å². The van der Waals surface area contributed by atoms with Crippen LogP contribution in [0, 0.1) is 5.82 Å². The normalized spacial score (nSPS) is 13.4. The third kappa shape index (κ3) is 3.27. The molecule has 0 bridgehead atoms. The maximum atomic E-state index is 13.8. The molecule has 0 radical (unpaired) electrons. The van der Waals surface area contributed by atoms with E-state index in [1.165, 1.54) is 6.07 Å². The molecule has 1 aromatic rings. The predicted octanol–water partition coefficient (Wildman–Crippen LogP) is 2.95. The van der Waals surface area contributed by atoms with Crippen LogP contribution < -0.4 is 5.73 Å². The van der Waals surface area contributed by atoms with Gasteiger partial charge in [0.05, 0.1) is 0 Å². The van der Waals surface area contributed by atoms with Crippen LogP contribution in [0.5, 0.6) is 0 Å². The average molecular weight is 238 g/mol. The molecule has 1 atom stereocenters. The number of benzene rings is 1. The van der Waals surface area contributed by atoms with Gasteiger partial charge in [0.2, 0.25) is 0 Å². The maximum Gasteiger partial charge on any atom is 0.128 e. The van der Waals surface area contributed by atoms with Crippen molar-refractivity contribution in [2.45, 2.75) is 38.8 Å². The highest BCUT2D eigenvalue weighted by molar-refractivity contribution is 5.21. The van der Waals surface area contributed by atoms with Gasteiger partial charge in [-0.15, -0.1) is 0 Å². The lowest BCUT2D eigenvalue weighted by atomic mass is 10.0. The zero-order chi connectivity index (χ0) is 12.8. The van der Waals surface area contributed by atoms with E-state index in [0.717, 1.165) is 12.8 Å². The van der Waals surface area contributed by atoms with E-state index in [-0.39, 0.29) is 11.9 Å². The molecule has 0 aliphatic rings. The lowest BCUT2D eigenvalue weighted by Gasteiger charge is -2.34. The number of likely N-dealkylation sites (N-methyl/N-ethyl adjacent to an activating group) is 1. The van der Waals surface area contributed by atoms with Crippen molar-refractivity contribution in [1.82, 2.24) is 4.90 Å². The molecular weight excluding hydrogens is 215 g/mol. The average Bonchev–Trinajstić information content (AvgIpc) is 2.34. The Labute approximate surface area is 104 Å². The SMILES string of the molecule is CCC(CC)N(C)C(CN)c1ccccc1F. The molecular formula is C14H23FN2. The van der Waals surface area contributed by atoms with Crippen LogP contribution in [0.2, 0.25) is 0 Å². The van der Waals surface area contributed by atoms with Crippen LogP contribution in [0.25, 0.3) is 0 Å². The summed E-state index contributed by atoms with van der Waals surface area (Å²) in [6, 6.07) is 7.31. The van der Waals surface area contributed by atoms with Crippen LogP contribution in [0.15, 0.2) is 24.3 Å². The van der Waals surface area contributed by atoms with E-state index < -0.39 is 0 Å². The summed E-state index contributed by atoms with van der Waals surface area (Å²) in [7, 11) is 2.03. The Bertz CT molecular complexity index is 337. The van der Waals surface area contributed by atoms with Gasteiger partial charge in [-0.3, -0.25) is 4.90 Å². The van der Waals surface area contributed by atoms with Crippen molar-refractivity contribution < 1.29 is 4.39 Å². The van der Waals surface area contributed by atoms with E-state index in [1.807, 2.05) is 19.2 Å². The minimum absolute atomic E-state index is 0.0406. The van der Waals surface area contributed by atoms with Gasteiger partial charge in [-0.2, -0.15) is 0 Å². The Morgan fingerprint density at radius 2 is 1.82 bits per heavy atom. The summed E-state index contributed by atoms with van der Waals surface area (Å²) in [6.07, 6.45) is 2.11. The van der Waals surface area contributed by atoms with Crippen molar-refractivity contribution in [3.8, 4) is 0 Å². The number of nitrogens with two attached hydrogens (primary N) is 1. The standard InChI is InChI=1S/C14H23FN2/c1-4-11(5-2)17(3)14(10-16)12-8-6-7-9-13(12)15/h6-9,11,14H,4-5,10,16H2,1-3H3. The molecule has 3 heteroatoms. The van der Waals surface area contributed by atoms with Crippen LogP contribution in [-0.2, 0) is 0 Å². The highest BCUT2D eigenvalue weighted by Gasteiger charge is 2.22. The maximum absolute atomic E-state index is 13.8. The van der Waals surface area contributed by atoms with Gasteiger partial charge >= 0.3 is 0 Å². The van der Waals surface area contributed by atoms with Crippen LogP contribution in [0.1, 0.15) is 38.3 Å². The zero-order valence-corrected chi connectivity index (χ0v) is 11.0. The second-order valence-electron chi connectivity index (χ2n) is 4.41. The van der Waals surface area contributed by atoms with Gasteiger partial charge in [-0.05, 0) is 26.0 Å². The first kappa shape index (κ1) is 14.1. The molecule has 1 rings (SSSR count). The Hall–Kier alpha value is -0.930. The fourth-order valence-corrected chi connectivity index (χ4v) is 2.38. The van der Waals surface area contributed by atoms with E-state index in [0.29, 0.717) is 18.2 Å². The third-order valence-corrected chi connectivity index (χ3v) is 3.50. The van der Waals surface area contributed by atoms with E-state index >= 15 is 0 Å². The van der Waals surface area contributed by atoms with Crippen LogP contribution in [0.4, 0.5) is 4.39 Å². The van der Waals surface area contributed by atoms with E-state index in [4.69, 9.17) is 5.73 Å². The van der Waals surface area contributed by atoms with E-state index in [9.17, 15) is 4.39 Å². The molecule has 0 amide bonds. The second-order valence-corrected chi connectivity index (χ2v) is 4.41. The number of hydrogen-bond donors (Lipinski definition) is 1. The molecule has 1 aromatic carbocycles. The van der Waals surface area contributed by atoms with Gasteiger partial charge < -0.3 is 5.73 Å². The van der Waals surface area contributed by atoms with Crippen molar-refractivity contribution in [2.75, 3.05) is 13.6 Å². The van der Waals surface area contributed by atoms with Gasteiger partial charge in [-0.25, -0.2) is 4.39 Å². The zero-order valence-electron chi connectivity index (χ0n) is 11.0. The number of hydrogen-bond acceptors (Lipinski definition) is 2. The van der Waals surface area contributed by atoms with Crippen LogP contribution >= 0.6 is 0 Å². The molecule has 0 heterocycles. The fourth-order valence-electron chi connectivity index (χ4n) is 2.38.